The van der Waals surface area contributed by atoms with Gasteiger partial charge in [0, 0.05) is 19.7 Å². The highest BCUT2D eigenvalue weighted by atomic mass is 16.5. The van der Waals surface area contributed by atoms with Crippen LogP contribution in [0.3, 0.4) is 0 Å². The molecular formula is C11H22N4O. The molecule has 1 heterocycles. The lowest BCUT2D eigenvalue weighted by molar-refractivity contribution is 0.0887. The molecule has 2 unspecified atom stereocenters. The fourth-order valence-corrected chi connectivity index (χ4v) is 1.46. The van der Waals surface area contributed by atoms with Crippen molar-refractivity contribution in [3.63, 3.8) is 0 Å². The summed E-state index contributed by atoms with van der Waals surface area (Å²) in [6, 6.07) is 0.403. The lowest BCUT2D eigenvalue weighted by Crippen LogP contribution is -2.37. The maximum absolute atomic E-state index is 5.24. The van der Waals surface area contributed by atoms with Gasteiger partial charge >= 0.3 is 0 Å². The first kappa shape index (κ1) is 13.1. The number of hydrogen-bond donors (Lipinski definition) is 1. The molecule has 0 saturated carbocycles. The van der Waals surface area contributed by atoms with Gasteiger partial charge in [0.2, 0.25) is 0 Å². The zero-order valence-corrected chi connectivity index (χ0v) is 10.4. The maximum Gasteiger partial charge on any atom is 0.119 e. The lowest BCUT2D eigenvalue weighted by Gasteiger charge is -2.19. The molecule has 0 spiro atoms. The Kier molecular flexibility index (Phi) is 6.03. The van der Waals surface area contributed by atoms with Crippen molar-refractivity contribution < 1.29 is 4.74 Å². The molecule has 0 radical (unpaired) electrons. The highest BCUT2D eigenvalue weighted by Crippen LogP contribution is 1.97. The molecule has 5 heteroatoms. The summed E-state index contributed by atoms with van der Waals surface area (Å²) in [6.45, 7) is 6.24. The number of rotatable bonds is 8. The molecule has 92 valence electrons. The van der Waals surface area contributed by atoms with Crippen LogP contribution in [0.5, 0.6) is 0 Å². The molecule has 2 atom stereocenters. The van der Waals surface area contributed by atoms with E-state index >= 15 is 0 Å². The first-order valence-electron chi connectivity index (χ1n) is 5.82. The fourth-order valence-electron chi connectivity index (χ4n) is 1.46. The van der Waals surface area contributed by atoms with Crippen LogP contribution in [0.15, 0.2) is 12.7 Å². The van der Waals surface area contributed by atoms with E-state index in [9.17, 15) is 0 Å². The molecule has 5 nitrogen and oxygen atoms in total. The summed E-state index contributed by atoms with van der Waals surface area (Å²) in [5, 5.41) is 11.0. The molecule has 0 bridgehead atoms. The Balaban J connectivity index is 1.99. The average molecular weight is 226 g/mol. The normalized spacial score (nSPS) is 14.9. The second-order valence-corrected chi connectivity index (χ2v) is 4.09. The van der Waals surface area contributed by atoms with Crippen LogP contribution in [0.1, 0.15) is 26.7 Å². The number of nitrogens with one attached hydrogen (secondary N) is 1. The Hall–Kier alpha value is -0.940. The van der Waals surface area contributed by atoms with E-state index in [2.05, 4.69) is 29.4 Å². The minimum atomic E-state index is 0.262. The summed E-state index contributed by atoms with van der Waals surface area (Å²) in [5.41, 5.74) is 0. The van der Waals surface area contributed by atoms with Gasteiger partial charge < -0.3 is 14.6 Å². The largest absolute Gasteiger partial charge is 0.380 e. The van der Waals surface area contributed by atoms with Gasteiger partial charge in [-0.2, -0.15) is 0 Å². The monoisotopic (exact) mass is 226 g/mol. The molecule has 16 heavy (non-hydrogen) atoms. The molecule has 0 aliphatic rings. The van der Waals surface area contributed by atoms with Crippen molar-refractivity contribution in [1.29, 1.82) is 0 Å². The number of ether oxygens (including phenoxy) is 1. The van der Waals surface area contributed by atoms with Gasteiger partial charge in [-0.3, -0.25) is 0 Å². The number of nitrogens with zero attached hydrogens (tertiary/aromatic N) is 3. The maximum atomic E-state index is 5.24. The number of aromatic nitrogens is 3. The van der Waals surface area contributed by atoms with Crippen LogP contribution in [0.25, 0.3) is 0 Å². The van der Waals surface area contributed by atoms with E-state index in [4.69, 9.17) is 4.74 Å². The van der Waals surface area contributed by atoms with E-state index in [0.717, 1.165) is 25.9 Å². The Bertz CT molecular complexity index is 263. The van der Waals surface area contributed by atoms with Crippen molar-refractivity contribution in [2.75, 3.05) is 13.7 Å². The van der Waals surface area contributed by atoms with Crippen LogP contribution in [-0.4, -0.2) is 40.6 Å². The van der Waals surface area contributed by atoms with Crippen molar-refractivity contribution in [2.24, 2.45) is 0 Å². The van der Waals surface area contributed by atoms with Gasteiger partial charge in [-0.25, -0.2) is 0 Å². The standard InChI is InChI=1S/C11H22N4O/c1-10(11(2)16-3)12-6-4-5-7-15-8-13-14-9-15/h8-12H,4-7H2,1-3H3. The summed E-state index contributed by atoms with van der Waals surface area (Å²) in [4.78, 5) is 0. The fraction of sp³-hybridized carbons (Fsp3) is 0.818. The molecule has 1 aromatic rings. The first-order chi connectivity index (χ1) is 7.74. The summed E-state index contributed by atoms with van der Waals surface area (Å²) < 4.78 is 7.25. The van der Waals surface area contributed by atoms with Gasteiger partial charge in [0.25, 0.3) is 0 Å². The highest BCUT2D eigenvalue weighted by Gasteiger charge is 2.08. The minimum absolute atomic E-state index is 0.262. The molecule has 0 aromatic carbocycles. The van der Waals surface area contributed by atoms with E-state index in [0.29, 0.717) is 6.04 Å². The predicted molar refractivity (Wildman–Crippen MR) is 63.2 cm³/mol. The van der Waals surface area contributed by atoms with Crippen LogP contribution >= 0.6 is 0 Å². The quantitative estimate of drug-likeness (QED) is 0.674. The van der Waals surface area contributed by atoms with Gasteiger partial charge in [0.15, 0.2) is 0 Å². The van der Waals surface area contributed by atoms with Crippen LogP contribution in [0.4, 0.5) is 0 Å². The number of unbranched alkanes of at least 4 members (excludes halogenated alkanes) is 1. The molecule has 0 aliphatic carbocycles. The van der Waals surface area contributed by atoms with Gasteiger partial charge in [-0.05, 0) is 33.2 Å². The first-order valence-corrected chi connectivity index (χ1v) is 5.82. The van der Waals surface area contributed by atoms with Gasteiger partial charge in [-0.15, -0.1) is 10.2 Å². The van der Waals surface area contributed by atoms with Crippen molar-refractivity contribution in [3.8, 4) is 0 Å². The summed E-state index contributed by atoms with van der Waals surface area (Å²) >= 11 is 0. The zero-order valence-electron chi connectivity index (χ0n) is 10.4. The highest BCUT2D eigenvalue weighted by molar-refractivity contribution is 4.67. The van der Waals surface area contributed by atoms with Crippen molar-refractivity contribution in [3.05, 3.63) is 12.7 Å². The van der Waals surface area contributed by atoms with E-state index in [-0.39, 0.29) is 6.10 Å². The van der Waals surface area contributed by atoms with E-state index in [1.807, 2.05) is 4.57 Å². The molecule has 1 rings (SSSR count). The third kappa shape index (κ3) is 4.72. The number of aryl methyl sites for hydroxylation is 1. The SMILES string of the molecule is COC(C)C(C)NCCCCn1cnnc1. The van der Waals surface area contributed by atoms with E-state index in [1.165, 1.54) is 0 Å². The molecule has 0 saturated heterocycles. The predicted octanol–water partition coefficient (Wildman–Crippen LogP) is 1.07. The van der Waals surface area contributed by atoms with Crippen LogP contribution in [0.2, 0.25) is 0 Å². The molecule has 1 aromatic heterocycles. The van der Waals surface area contributed by atoms with Crippen LogP contribution in [0, 0.1) is 0 Å². The Morgan fingerprint density at radius 2 is 1.94 bits per heavy atom. The minimum Gasteiger partial charge on any atom is -0.380 e. The third-order valence-electron chi connectivity index (χ3n) is 2.85. The van der Waals surface area contributed by atoms with Gasteiger partial charge in [-0.1, -0.05) is 0 Å². The van der Waals surface area contributed by atoms with Crippen LogP contribution < -0.4 is 5.32 Å². The third-order valence-corrected chi connectivity index (χ3v) is 2.85. The van der Waals surface area contributed by atoms with E-state index in [1.54, 1.807) is 19.8 Å². The van der Waals surface area contributed by atoms with Gasteiger partial charge in [0.1, 0.15) is 12.7 Å². The molecular weight excluding hydrogens is 204 g/mol. The second-order valence-electron chi connectivity index (χ2n) is 4.09. The Morgan fingerprint density at radius 1 is 1.25 bits per heavy atom. The topological polar surface area (TPSA) is 52.0 Å². The van der Waals surface area contributed by atoms with E-state index < -0.39 is 0 Å². The molecule has 0 amide bonds. The lowest BCUT2D eigenvalue weighted by atomic mass is 10.2. The summed E-state index contributed by atoms with van der Waals surface area (Å²) in [6.07, 6.45) is 6.06. The van der Waals surface area contributed by atoms with Crippen molar-refractivity contribution in [1.82, 2.24) is 20.1 Å². The second kappa shape index (κ2) is 7.35. The molecule has 0 aliphatic heterocycles. The van der Waals surface area contributed by atoms with Crippen molar-refractivity contribution >= 4 is 0 Å². The number of hydrogen-bond acceptors (Lipinski definition) is 4. The van der Waals surface area contributed by atoms with Crippen LogP contribution in [-0.2, 0) is 11.3 Å². The molecule has 1 N–H and O–H groups in total. The van der Waals surface area contributed by atoms with Gasteiger partial charge in [0.05, 0.1) is 6.10 Å². The smallest absolute Gasteiger partial charge is 0.119 e. The average Bonchev–Trinajstić information content (AvgIpc) is 2.80. The summed E-state index contributed by atoms with van der Waals surface area (Å²) in [7, 11) is 1.74. The Labute approximate surface area is 97.2 Å². The Morgan fingerprint density at radius 3 is 2.56 bits per heavy atom. The molecule has 0 fully saturated rings. The zero-order chi connectivity index (χ0) is 11.8. The summed E-state index contributed by atoms with van der Waals surface area (Å²) in [5.74, 6) is 0. The number of methoxy groups -OCH3 is 1. The van der Waals surface area contributed by atoms with Crippen molar-refractivity contribution in [2.45, 2.75) is 45.4 Å².